The van der Waals surface area contributed by atoms with E-state index < -0.39 is 26.5 Å². The molecular weight excluding hydrogens is 1130 g/mol. The second-order valence-electron chi connectivity index (χ2n) is 24.5. The molecule has 0 aliphatic heterocycles. The topological polar surface area (TPSA) is 108 Å². The lowest BCUT2D eigenvalue weighted by Gasteiger charge is -2.24. The second-order valence-corrected chi connectivity index (χ2v) is 26.0. The van der Waals surface area contributed by atoms with Crippen LogP contribution in [0.5, 0.6) is 0 Å². The van der Waals surface area contributed by atoms with E-state index >= 15 is 0 Å². The van der Waals surface area contributed by atoms with Gasteiger partial charge in [0, 0.05) is 12.8 Å². The molecule has 2 unspecified atom stereocenters. The fraction of sp³-hybridized carbons (Fsp3) is 0.625. The van der Waals surface area contributed by atoms with Gasteiger partial charge in [0.1, 0.15) is 19.8 Å². The highest BCUT2D eigenvalue weighted by Gasteiger charge is 2.27. The van der Waals surface area contributed by atoms with Gasteiger partial charge in [0.2, 0.25) is 0 Å². The molecule has 0 amide bonds. The van der Waals surface area contributed by atoms with Crippen LogP contribution in [-0.2, 0) is 32.7 Å². The molecule has 0 heterocycles. The third kappa shape index (κ3) is 72.4. The first kappa shape index (κ1) is 85.4. The molecule has 1 N–H and O–H groups in total. The number of hydrogen-bond donors (Lipinski definition) is 1. The van der Waals surface area contributed by atoms with Gasteiger partial charge in [-0.2, -0.15) is 0 Å². The summed E-state index contributed by atoms with van der Waals surface area (Å²) in [4.78, 5) is 35.9. The summed E-state index contributed by atoms with van der Waals surface area (Å²) in [5.41, 5.74) is 0. The lowest BCUT2D eigenvalue weighted by molar-refractivity contribution is -0.870. The summed E-state index contributed by atoms with van der Waals surface area (Å²) in [6.07, 6.45) is 105. The summed E-state index contributed by atoms with van der Waals surface area (Å²) >= 11 is 0. The van der Waals surface area contributed by atoms with Crippen LogP contribution in [0.15, 0.2) is 170 Å². The van der Waals surface area contributed by atoms with E-state index in [9.17, 15) is 19.0 Å². The number of carbonyl (C=O) groups excluding carboxylic acids is 2. The van der Waals surface area contributed by atoms with Crippen molar-refractivity contribution < 1.29 is 42.1 Å². The molecule has 0 saturated heterocycles. The monoisotopic (exact) mass is 1270 g/mol. The summed E-state index contributed by atoms with van der Waals surface area (Å²) in [6, 6.07) is 0. The van der Waals surface area contributed by atoms with Gasteiger partial charge in [0.15, 0.2) is 6.10 Å². The number of hydrogen-bond acceptors (Lipinski definition) is 7. The smallest absolute Gasteiger partial charge is 0.462 e. The zero-order valence-electron chi connectivity index (χ0n) is 58.1. The van der Waals surface area contributed by atoms with E-state index in [4.69, 9.17) is 18.5 Å². The fourth-order valence-corrected chi connectivity index (χ4v) is 10.1. The average molecular weight is 1270 g/mol. The number of nitrogens with zero attached hydrogens (tertiary/aromatic N) is 1. The van der Waals surface area contributed by atoms with Gasteiger partial charge >= 0.3 is 19.8 Å². The van der Waals surface area contributed by atoms with E-state index in [0.717, 1.165) is 141 Å². The maximum atomic E-state index is 12.9. The minimum atomic E-state index is -4.41. The maximum Gasteiger partial charge on any atom is 0.472 e. The normalized spacial score (nSPS) is 14.2. The third-order valence-corrected chi connectivity index (χ3v) is 15.7. The predicted molar refractivity (Wildman–Crippen MR) is 389 cm³/mol. The zero-order chi connectivity index (χ0) is 65.5. The van der Waals surface area contributed by atoms with Crippen LogP contribution < -0.4 is 0 Å². The highest BCUT2D eigenvalue weighted by Crippen LogP contribution is 2.43. The Balaban J connectivity index is 4.13. The molecule has 0 aromatic heterocycles. The van der Waals surface area contributed by atoms with E-state index in [0.29, 0.717) is 17.4 Å². The summed E-state index contributed by atoms with van der Waals surface area (Å²) in [5.74, 6) is -0.825. The molecule has 2 atom stereocenters. The van der Waals surface area contributed by atoms with Gasteiger partial charge < -0.3 is 18.9 Å². The molecule has 0 aliphatic carbocycles. The molecule has 0 aromatic rings. The minimum Gasteiger partial charge on any atom is -0.462 e. The van der Waals surface area contributed by atoms with Crippen LogP contribution in [0.25, 0.3) is 0 Å². The zero-order valence-corrected chi connectivity index (χ0v) is 58.9. The molecular formula is C80H133NO8P+. The standard InChI is InChI=1S/C80H132NO8P/c1-6-8-10-12-14-16-18-20-22-24-26-28-30-32-34-36-38-40-42-44-46-48-50-52-54-56-58-60-62-64-66-68-70-72-79(82)86-76-78(77-88-90(84,85)87-75-74-81(3,4)5)89-80(83)73-71-69-67-65-63-61-59-57-55-53-51-49-47-45-43-41-39-37-35-33-31-29-27-25-23-21-19-17-15-13-11-9-7-2/h8-11,14-17,20-23,26-29,32-35,39,41,45,47,51,53,57,59,78H,6-7,12-13,18-19,24-25,30-31,36-38,40,42-44,46,48-50,52,54-56,58,60-77H2,1-5H3/p+1/b10-8-,11-9-,16-14-,17-15-,22-20-,23-21-,28-26-,29-27-,34-32-,35-33-,41-39-,47-45-,53-51-,59-57-. The van der Waals surface area contributed by atoms with Crippen LogP contribution in [0, 0.1) is 0 Å². The van der Waals surface area contributed by atoms with E-state index in [-0.39, 0.29) is 32.0 Å². The lowest BCUT2D eigenvalue weighted by Crippen LogP contribution is -2.37. The number of unbranched alkanes of at least 4 members (excludes halogenated alkanes) is 22. The van der Waals surface area contributed by atoms with Crippen molar-refractivity contribution >= 4 is 19.8 Å². The molecule has 0 bridgehead atoms. The van der Waals surface area contributed by atoms with Gasteiger partial charge in [-0.25, -0.2) is 4.57 Å². The van der Waals surface area contributed by atoms with Crippen molar-refractivity contribution in [2.45, 2.75) is 277 Å². The molecule has 510 valence electrons. The number of allylic oxidation sites excluding steroid dienone is 28. The van der Waals surface area contributed by atoms with E-state index in [2.05, 4.69) is 184 Å². The number of likely N-dealkylation sites (N-methyl/N-ethyl adjacent to an activating group) is 1. The van der Waals surface area contributed by atoms with Crippen molar-refractivity contribution in [1.29, 1.82) is 0 Å². The Morgan fingerprint density at radius 3 is 0.889 bits per heavy atom. The lowest BCUT2D eigenvalue weighted by atomic mass is 10.0. The van der Waals surface area contributed by atoms with E-state index in [1.54, 1.807) is 0 Å². The average Bonchev–Trinajstić information content (AvgIpc) is 3.58. The van der Waals surface area contributed by atoms with Crippen LogP contribution in [0.2, 0.25) is 0 Å². The van der Waals surface area contributed by atoms with Gasteiger partial charge in [-0.3, -0.25) is 18.6 Å². The van der Waals surface area contributed by atoms with Gasteiger partial charge in [-0.1, -0.05) is 300 Å². The number of quaternary nitrogens is 1. The van der Waals surface area contributed by atoms with Crippen molar-refractivity contribution in [3.05, 3.63) is 170 Å². The maximum absolute atomic E-state index is 12.9. The second kappa shape index (κ2) is 68.7. The Labute approximate surface area is 553 Å². The van der Waals surface area contributed by atoms with Crippen LogP contribution in [-0.4, -0.2) is 74.9 Å². The van der Waals surface area contributed by atoms with Crippen molar-refractivity contribution in [2.75, 3.05) is 47.5 Å². The van der Waals surface area contributed by atoms with Crippen LogP contribution in [0.4, 0.5) is 0 Å². The van der Waals surface area contributed by atoms with Crippen molar-refractivity contribution in [1.82, 2.24) is 0 Å². The summed E-state index contributed by atoms with van der Waals surface area (Å²) in [7, 11) is 1.45. The van der Waals surface area contributed by atoms with Gasteiger partial charge in [0.25, 0.3) is 0 Å². The van der Waals surface area contributed by atoms with Crippen molar-refractivity contribution in [2.24, 2.45) is 0 Å². The van der Waals surface area contributed by atoms with E-state index in [1.165, 1.54) is 96.3 Å². The van der Waals surface area contributed by atoms with E-state index in [1.807, 2.05) is 21.1 Å². The quantitative estimate of drug-likeness (QED) is 0.0211. The Morgan fingerprint density at radius 2 is 0.600 bits per heavy atom. The van der Waals surface area contributed by atoms with Crippen molar-refractivity contribution in [3.63, 3.8) is 0 Å². The molecule has 90 heavy (non-hydrogen) atoms. The largest absolute Gasteiger partial charge is 0.472 e. The molecule has 0 rings (SSSR count). The Morgan fingerprint density at radius 1 is 0.344 bits per heavy atom. The first-order valence-corrected chi connectivity index (χ1v) is 37.4. The van der Waals surface area contributed by atoms with Gasteiger partial charge in [-0.05, 0) is 128 Å². The molecule has 0 saturated carbocycles. The molecule has 0 spiro atoms. The molecule has 10 heteroatoms. The number of esters is 2. The molecule has 0 fully saturated rings. The van der Waals surface area contributed by atoms with Crippen LogP contribution in [0.3, 0.4) is 0 Å². The van der Waals surface area contributed by atoms with Crippen molar-refractivity contribution in [3.8, 4) is 0 Å². The number of carbonyl (C=O) groups is 2. The first-order chi connectivity index (χ1) is 44.0. The fourth-order valence-electron chi connectivity index (χ4n) is 9.33. The molecule has 0 radical (unpaired) electrons. The summed E-state index contributed by atoms with van der Waals surface area (Å²) in [6.45, 7) is 4.18. The highest BCUT2D eigenvalue weighted by molar-refractivity contribution is 7.47. The van der Waals surface area contributed by atoms with Gasteiger partial charge in [-0.15, -0.1) is 0 Å². The summed E-state index contributed by atoms with van der Waals surface area (Å²) < 4.78 is 34.7. The summed E-state index contributed by atoms with van der Waals surface area (Å²) in [5, 5.41) is 0. The Hall–Kier alpha value is -4.63. The number of ether oxygens (including phenoxy) is 2. The molecule has 0 aliphatic rings. The predicted octanol–water partition coefficient (Wildman–Crippen LogP) is 23.7. The minimum absolute atomic E-state index is 0.0195. The van der Waals surface area contributed by atoms with Crippen LogP contribution >= 0.6 is 7.82 Å². The highest BCUT2D eigenvalue weighted by atomic mass is 31.2. The SMILES string of the molecule is CC/C=C\C/C=C\C/C=C\C/C=C\C/C=C\C/C=C\C/C=C\C/C=C\C/C=C\CCCCCCCC(=O)OC(COC(=O)CCCCCCCCCCCCCCCCCCC/C=C\C/C=C\C/C=C\C/C=C\C/C=C\CC)COP(=O)(O)OCC[N+](C)(C)C. The Kier molecular flexibility index (Phi) is 65.2. The molecule has 0 aromatic carbocycles. The number of phosphoric acid groups is 1. The Bertz CT molecular complexity index is 2130. The van der Waals surface area contributed by atoms with Crippen LogP contribution in [0.1, 0.15) is 271 Å². The number of rotatable bonds is 64. The van der Waals surface area contributed by atoms with Gasteiger partial charge in [0.05, 0.1) is 27.7 Å². The third-order valence-electron chi connectivity index (χ3n) is 14.7. The number of phosphoric ester groups is 1. The first-order valence-electron chi connectivity index (χ1n) is 35.9. The molecule has 9 nitrogen and oxygen atoms in total.